The summed E-state index contributed by atoms with van der Waals surface area (Å²) in [4.78, 5) is 4.80. The number of nitrogens with two attached hydrogens (primary N) is 1. The molecule has 0 saturated heterocycles. The molecule has 230 valence electrons. The number of nitriles is 1. The molecule has 8 nitrogen and oxygen atoms in total. The monoisotopic (exact) mass is 615 g/mol. The first-order valence-corrected chi connectivity index (χ1v) is 18.7. The van der Waals surface area contributed by atoms with Crippen LogP contribution in [0.15, 0.2) is 18.2 Å². The van der Waals surface area contributed by atoms with Gasteiger partial charge in [-0.3, -0.25) is 0 Å². The molecule has 3 atom stereocenters. The second-order valence-electron chi connectivity index (χ2n) is 13.6. The van der Waals surface area contributed by atoms with Crippen molar-refractivity contribution in [3.05, 3.63) is 29.6 Å². The maximum Gasteiger partial charge on any atom is 0.416 e. The van der Waals surface area contributed by atoms with Crippen LogP contribution in [-0.4, -0.2) is 51.9 Å². The Bertz CT molecular complexity index is 1250. The van der Waals surface area contributed by atoms with E-state index in [2.05, 4.69) is 30.4 Å². The summed E-state index contributed by atoms with van der Waals surface area (Å²) >= 11 is -1.64. The normalized spacial score (nSPS) is 18.2. The fraction of sp³-hybridized carbons (Fsp3) is 0.714. The first-order valence-electron chi connectivity index (χ1n) is 13.8. The number of rotatable bonds is 13. The van der Waals surface area contributed by atoms with E-state index in [9.17, 15) is 23.0 Å². The van der Waals surface area contributed by atoms with Gasteiger partial charge < -0.3 is 24.3 Å². The van der Waals surface area contributed by atoms with E-state index in [1.54, 1.807) is 25.3 Å². The Morgan fingerprint density at radius 1 is 1.22 bits per heavy atom. The van der Waals surface area contributed by atoms with Crippen LogP contribution >= 0.6 is 0 Å². The van der Waals surface area contributed by atoms with Gasteiger partial charge in [0.15, 0.2) is 5.60 Å². The molecule has 41 heavy (non-hydrogen) atoms. The van der Waals surface area contributed by atoms with Gasteiger partial charge in [-0.05, 0) is 71.2 Å². The summed E-state index contributed by atoms with van der Waals surface area (Å²) in [6.45, 7) is 14.2. The van der Waals surface area contributed by atoms with Crippen LogP contribution in [-0.2, 0) is 27.6 Å². The smallest absolute Gasteiger partial charge is 0.416 e. The summed E-state index contributed by atoms with van der Waals surface area (Å²) in [5.74, 6) is 0.343. The van der Waals surface area contributed by atoms with Crippen molar-refractivity contribution in [2.75, 3.05) is 13.2 Å². The number of nitrogens with zero attached hydrogens (tertiary/aromatic N) is 3. The molecular formula is C28H44F3N5O3SSi. The van der Waals surface area contributed by atoms with Gasteiger partial charge in [-0.2, -0.15) is 18.4 Å². The Balaban J connectivity index is 2.05. The molecule has 0 bridgehead atoms. The zero-order chi connectivity index (χ0) is 31.0. The van der Waals surface area contributed by atoms with Crippen molar-refractivity contribution in [1.82, 2.24) is 14.3 Å². The van der Waals surface area contributed by atoms with Crippen LogP contribution in [0.5, 0.6) is 0 Å². The van der Waals surface area contributed by atoms with Crippen molar-refractivity contribution in [3.63, 3.8) is 0 Å². The molecule has 2 aromatic rings. The molecule has 0 aliphatic heterocycles. The highest BCUT2D eigenvalue weighted by Gasteiger charge is 2.50. The molecule has 1 aliphatic rings. The molecule has 3 rings (SSSR count). The van der Waals surface area contributed by atoms with Gasteiger partial charge in [0.25, 0.3) is 0 Å². The van der Waals surface area contributed by atoms with E-state index < -0.39 is 60.1 Å². The van der Waals surface area contributed by atoms with Crippen LogP contribution in [0, 0.1) is 16.7 Å². The third-order valence-corrected chi connectivity index (χ3v) is 10.7. The van der Waals surface area contributed by atoms with Crippen LogP contribution in [0.25, 0.3) is 11.0 Å². The van der Waals surface area contributed by atoms with Gasteiger partial charge in [0.1, 0.15) is 23.3 Å². The van der Waals surface area contributed by atoms with Crippen LogP contribution in [0.2, 0.25) is 25.7 Å². The molecule has 1 unspecified atom stereocenters. The predicted octanol–water partition coefficient (Wildman–Crippen LogP) is 6.10. The van der Waals surface area contributed by atoms with E-state index in [1.165, 1.54) is 0 Å². The largest absolute Gasteiger partial charge is 0.598 e. The summed E-state index contributed by atoms with van der Waals surface area (Å²) in [5.41, 5.74) is 5.44. The molecular weight excluding hydrogens is 571 g/mol. The van der Waals surface area contributed by atoms with Crippen molar-refractivity contribution < 1.29 is 27.2 Å². The van der Waals surface area contributed by atoms with E-state index in [4.69, 9.17) is 20.2 Å². The van der Waals surface area contributed by atoms with E-state index in [1.807, 2.05) is 18.2 Å². The highest BCUT2D eigenvalue weighted by molar-refractivity contribution is 7.90. The Labute approximate surface area is 245 Å². The Kier molecular flexibility index (Phi) is 10.0. The van der Waals surface area contributed by atoms with Crippen molar-refractivity contribution in [3.8, 4) is 6.07 Å². The number of halogens is 3. The van der Waals surface area contributed by atoms with Crippen molar-refractivity contribution in [1.29, 1.82) is 5.26 Å². The lowest BCUT2D eigenvalue weighted by Gasteiger charge is -2.32. The maximum atomic E-state index is 13.7. The minimum atomic E-state index is -4.61. The van der Waals surface area contributed by atoms with Gasteiger partial charge in [-0.15, -0.1) is 4.72 Å². The summed E-state index contributed by atoms with van der Waals surface area (Å²) in [6.07, 6.45) is -3.15. The lowest BCUT2D eigenvalue weighted by molar-refractivity contribution is -0.265. The topological polar surface area (TPSA) is 121 Å². The first kappa shape index (κ1) is 33.8. The van der Waals surface area contributed by atoms with E-state index in [-0.39, 0.29) is 6.73 Å². The fourth-order valence-electron chi connectivity index (χ4n) is 4.08. The second kappa shape index (κ2) is 12.1. The maximum absolute atomic E-state index is 13.7. The Morgan fingerprint density at radius 2 is 1.85 bits per heavy atom. The number of hydrogen-bond donors (Lipinski definition) is 2. The molecule has 1 heterocycles. The number of fused-ring (bicyclic) bond motifs is 1. The van der Waals surface area contributed by atoms with Crippen LogP contribution in [0.4, 0.5) is 13.2 Å². The minimum absolute atomic E-state index is 0.104. The van der Waals surface area contributed by atoms with Crippen LogP contribution in [0.1, 0.15) is 70.9 Å². The zero-order valence-corrected chi connectivity index (χ0v) is 27.1. The highest BCUT2D eigenvalue weighted by atomic mass is 32.2. The lowest BCUT2D eigenvalue weighted by Crippen LogP contribution is -2.47. The Morgan fingerprint density at radius 3 is 2.37 bits per heavy atom. The Hall–Kier alpha value is -1.66. The number of imidazole rings is 1. The summed E-state index contributed by atoms with van der Waals surface area (Å²) in [5, 5.41) is 9.64. The molecule has 1 aromatic carbocycles. The molecule has 1 aromatic heterocycles. The second-order valence-corrected chi connectivity index (χ2v) is 21.2. The average Bonchev–Trinajstić information content (AvgIpc) is 3.57. The number of aromatic nitrogens is 2. The molecule has 13 heteroatoms. The third kappa shape index (κ3) is 8.25. The molecule has 0 spiro atoms. The van der Waals surface area contributed by atoms with Gasteiger partial charge in [-0.1, -0.05) is 25.7 Å². The number of nitrogens with one attached hydrogen (secondary N) is 1. The third-order valence-electron chi connectivity index (χ3n) is 7.40. The van der Waals surface area contributed by atoms with E-state index in [0.29, 0.717) is 23.5 Å². The van der Waals surface area contributed by atoms with Crippen molar-refractivity contribution in [2.24, 2.45) is 11.1 Å². The summed E-state index contributed by atoms with van der Waals surface area (Å²) < 4.78 is 69.7. The number of hydrogen-bond acceptors (Lipinski definition) is 7. The van der Waals surface area contributed by atoms with E-state index >= 15 is 0 Å². The quantitative estimate of drug-likeness (QED) is 0.159. The standard InChI is InChI=1S/C28H44F3N5O3SSi/c1-25(2,3)40(37)35-21(16-39-26(4,5)28(29,30)31)24-34-20-15-19(23(33)27(17-32)11-12-27)9-10-22(20)36(24)18-38-13-14-41(6,7)8/h9-10,15,21,23,35H,11-14,16,18,33H2,1-8H3/t21-,23-,40?/m0/s1. The van der Waals surface area contributed by atoms with E-state index in [0.717, 1.165) is 38.3 Å². The van der Waals surface area contributed by atoms with Gasteiger partial charge >= 0.3 is 6.18 Å². The van der Waals surface area contributed by atoms with Crippen LogP contribution < -0.4 is 10.5 Å². The van der Waals surface area contributed by atoms with Gasteiger partial charge in [0.05, 0.1) is 29.1 Å². The predicted molar refractivity (Wildman–Crippen MR) is 158 cm³/mol. The molecule has 0 amide bonds. The SMILES string of the molecule is CC(C)(C)[S+]([O-])N[C@@H](COC(C)(C)C(F)(F)F)c1nc2cc([C@H](N)C3(C#N)CC3)ccc2n1COCC[Si](C)(C)C. The fourth-order valence-corrected chi connectivity index (χ4v) is 5.62. The average molecular weight is 616 g/mol. The molecule has 0 radical (unpaired) electrons. The van der Waals surface area contributed by atoms with Gasteiger partial charge in [0, 0.05) is 32.1 Å². The summed E-state index contributed by atoms with van der Waals surface area (Å²) in [7, 11) is -1.37. The van der Waals surface area contributed by atoms with Gasteiger partial charge in [0.2, 0.25) is 0 Å². The lowest BCUT2D eigenvalue weighted by atomic mass is 9.92. The highest BCUT2D eigenvalue weighted by Crippen LogP contribution is 2.53. The zero-order valence-electron chi connectivity index (χ0n) is 25.3. The van der Waals surface area contributed by atoms with Crippen molar-refractivity contribution in [2.45, 2.75) is 108 Å². The van der Waals surface area contributed by atoms with Crippen molar-refractivity contribution >= 4 is 30.5 Å². The molecule has 3 N–H and O–H groups in total. The van der Waals surface area contributed by atoms with Gasteiger partial charge in [-0.25, -0.2) is 4.98 Å². The number of benzene rings is 1. The molecule has 1 aliphatic carbocycles. The first-order chi connectivity index (χ1) is 18.7. The molecule has 1 saturated carbocycles. The summed E-state index contributed by atoms with van der Waals surface area (Å²) in [6, 6.07) is 7.35. The number of alkyl halides is 3. The van der Waals surface area contributed by atoms with Crippen LogP contribution in [0.3, 0.4) is 0 Å². The number of ether oxygens (including phenoxy) is 2. The minimum Gasteiger partial charge on any atom is -0.598 e. The molecule has 1 fully saturated rings.